The lowest BCUT2D eigenvalue weighted by Gasteiger charge is -2.29. The van der Waals surface area contributed by atoms with E-state index < -0.39 is 24.2 Å². The molecule has 0 N–H and O–H groups in total. The van der Waals surface area contributed by atoms with Crippen molar-refractivity contribution in [3.05, 3.63) is 0 Å². The quantitative estimate of drug-likeness (QED) is 0.448. The third-order valence-electron chi connectivity index (χ3n) is 2.34. The van der Waals surface area contributed by atoms with Gasteiger partial charge in [-0.05, 0) is 32.6 Å². The lowest BCUT2D eigenvalue weighted by Crippen LogP contribution is -2.54. The van der Waals surface area contributed by atoms with Crippen molar-refractivity contribution in [3.8, 4) is 0 Å². The summed E-state index contributed by atoms with van der Waals surface area (Å²) in [5.74, 6) is 0.812. The van der Waals surface area contributed by atoms with Crippen molar-refractivity contribution in [1.29, 1.82) is 0 Å². The Morgan fingerprint density at radius 2 is 1.09 bits per heavy atom. The predicted molar refractivity (Wildman–Crippen MR) is 89.1 cm³/mol. The van der Waals surface area contributed by atoms with E-state index in [4.69, 9.17) is 24.3 Å². The zero-order chi connectivity index (χ0) is 17.0. The van der Waals surface area contributed by atoms with Gasteiger partial charge in [-0.25, -0.2) is 0 Å². The lowest BCUT2D eigenvalue weighted by atomic mass is 10.2. The first-order chi connectivity index (χ1) is 10.4. The van der Waals surface area contributed by atoms with Gasteiger partial charge in [-0.3, -0.25) is 0 Å². The summed E-state index contributed by atoms with van der Waals surface area (Å²) in [6.45, 7) is 16.6. The van der Waals surface area contributed by atoms with Crippen molar-refractivity contribution >= 4 is 24.2 Å². The van der Waals surface area contributed by atoms with E-state index in [9.17, 15) is 0 Å². The molecule has 0 radical (unpaired) electrons. The van der Waals surface area contributed by atoms with Crippen molar-refractivity contribution in [1.82, 2.24) is 0 Å². The van der Waals surface area contributed by atoms with Crippen LogP contribution < -0.4 is 0 Å². The van der Waals surface area contributed by atoms with Crippen LogP contribution >= 0.6 is 0 Å². The van der Waals surface area contributed by atoms with Crippen LogP contribution in [0.25, 0.3) is 0 Å². The highest BCUT2D eigenvalue weighted by molar-refractivity contribution is 6.62. The molecule has 0 aliphatic heterocycles. The Balaban J connectivity index is 4.87. The van der Waals surface area contributed by atoms with Crippen molar-refractivity contribution in [2.45, 2.75) is 48.5 Å². The fraction of sp³-hybridized carbons (Fsp3) is 1.00. The van der Waals surface area contributed by atoms with Crippen LogP contribution in [0.3, 0.4) is 0 Å². The number of hydrogen-bond donors (Lipinski definition) is 0. The third-order valence-corrected chi connectivity index (χ3v) is 7.12. The topological polar surface area (TPSA) is 55.4 Å². The molecule has 0 saturated carbocycles. The first-order valence-corrected chi connectivity index (χ1v) is 11.3. The van der Waals surface area contributed by atoms with Crippen LogP contribution in [0.4, 0.5) is 0 Å². The molecule has 6 nitrogen and oxygen atoms in total. The summed E-state index contributed by atoms with van der Waals surface area (Å²) in [5.41, 5.74) is 0. The van der Waals surface area contributed by atoms with E-state index >= 15 is 0 Å². The highest BCUT2D eigenvalue weighted by Crippen LogP contribution is 2.15. The molecule has 0 aliphatic carbocycles. The van der Waals surface area contributed by atoms with Gasteiger partial charge in [-0.1, -0.05) is 27.7 Å². The van der Waals surface area contributed by atoms with Gasteiger partial charge in [-0.2, -0.15) is 0 Å². The molecule has 22 heavy (non-hydrogen) atoms. The van der Waals surface area contributed by atoms with E-state index in [1.807, 2.05) is 20.8 Å². The van der Waals surface area contributed by atoms with E-state index in [-0.39, 0.29) is 0 Å². The molecule has 0 aliphatic rings. The lowest BCUT2D eigenvalue weighted by molar-refractivity contribution is -0.0162. The summed E-state index contributed by atoms with van der Waals surface area (Å²) >= 11 is -2.38. The van der Waals surface area contributed by atoms with Gasteiger partial charge >= 0.3 is 24.2 Å². The Kier molecular flexibility index (Phi) is 13.2. The van der Waals surface area contributed by atoms with Crippen LogP contribution in [0.15, 0.2) is 0 Å². The maximum Gasteiger partial charge on any atom is 0.899 e. The summed E-state index contributed by atoms with van der Waals surface area (Å²) < 4.78 is 34.8. The normalized spacial score (nSPS) is 12.4. The summed E-state index contributed by atoms with van der Waals surface area (Å²) in [6, 6.07) is 0. The minimum atomic E-state index is -3.19. The predicted octanol–water partition coefficient (Wildman–Crippen LogP) is 2.88. The van der Waals surface area contributed by atoms with Gasteiger partial charge in [-0.15, -0.1) is 0 Å². The number of rotatable bonds is 14. The maximum absolute atomic E-state index is 6.03. The minimum absolute atomic E-state index is 0.406. The second kappa shape index (κ2) is 12.9. The third kappa shape index (κ3) is 10.3. The molecular formula is C14H33AlO6Si. The molecule has 0 bridgehead atoms. The molecule has 132 valence electrons. The maximum atomic E-state index is 6.03. The van der Waals surface area contributed by atoms with Gasteiger partial charge in [0.2, 0.25) is 0 Å². The van der Waals surface area contributed by atoms with Crippen LogP contribution in [0, 0.1) is 11.8 Å². The molecule has 0 amide bonds. The van der Waals surface area contributed by atoms with Crippen LogP contribution in [0.2, 0.25) is 0 Å². The molecule has 8 heteroatoms. The Bertz CT molecular complexity index is 239. The largest absolute Gasteiger partial charge is 0.899 e. The second-order valence-corrected chi connectivity index (χ2v) is 9.71. The van der Waals surface area contributed by atoms with Crippen LogP contribution in [-0.4, -0.2) is 57.2 Å². The van der Waals surface area contributed by atoms with Crippen LogP contribution in [0.5, 0.6) is 0 Å². The van der Waals surface area contributed by atoms with Crippen LogP contribution in [0.1, 0.15) is 48.5 Å². The standard InChI is InChI=1S/C6H15O4Si.2C4H9O.Al/c1-4-8-11(7,9-5-2)10-6-3;2*1-4(2)3-5;/h4-6H2,1-3H3;2*4H,3H2,1-2H3;/q3*-1;+3. The second-order valence-electron chi connectivity index (χ2n) is 5.66. The molecule has 0 aromatic rings. The molecule has 0 atom stereocenters. The summed E-state index contributed by atoms with van der Waals surface area (Å²) in [5, 5.41) is 0. The number of hydrogen-bond acceptors (Lipinski definition) is 6. The Labute approximate surface area is 142 Å². The molecule has 0 fully saturated rings. The Morgan fingerprint density at radius 1 is 0.727 bits per heavy atom. The van der Waals surface area contributed by atoms with E-state index in [0.29, 0.717) is 44.9 Å². The highest BCUT2D eigenvalue weighted by atomic mass is 28.4. The zero-order valence-corrected chi connectivity index (χ0v) is 17.4. The van der Waals surface area contributed by atoms with E-state index in [1.165, 1.54) is 0 Å². The van der Waals surface area contributed by atoms with Gasteiger partial charge in [0, 0.05) is 33.0 Å². The smallest absolute Gasteiger partial charge is 0.454 e. The van der Waals surface area contributed by atoms with E-state index in [2.05, 4.69) is 27.7 Å². The average molecular weight is 352 g/mol. The van der Waals surface area contributed by atoms with Gasteiger partial charge in [0.25, 0.3) is 0 Å². The Morgan fingerprint density at radius 3 is 1.36 bits per heavy atom. The first-order valence-electron chi connectivity index (χ1n) is 8.21. The first kappa shape index (κ1) is 22.5. The summed E-state index contributed by atoms with van der Waals surface area (Å²) in [7, 11) is -3.19. The van der Waals surface area contributed by atoms with Crippen molar-refractivity contribution in [3.63, 3.8) is 0 Å². The van der Waals surface area contributed by atoms with Gasteiger partial charge in [0.1, 0.15) is 0 Å². The van der Waals surface area contributed by atoms with Crippen molar-refractivity contribution < 1.29 is 24.3 Å². The van der Waals surface area contributed by atoms with Gasteiger partial charge in [0.05, 0.1) is 0 Å². The molecular weight excluding hydrogens is 319 g/mol. The molecule has 0 spiro atoms. The zero-order valence-electron chi connectivity index (χ0n) is 15.2. The molecule has 0 aromatic carbocycles. The fourth-order valence-corrected chi connectivity index (χ4v) is 6.33. The Hall–Kier alpha value is 0.509. The summed E-state index contributed by atoms with van der Waals surface area (Å²) in [4.78, 5) is 0. The monoisotopic (exact) mass is 352 g/mol. The summed E-state index contributed by atoms with van der Waals surface area (Å²) in [6.07, 6.45) is 0. The fourth-order valence-electron chi connectivity index (χ4n) is 1.53. The SMILES string of the molecule is CCO[Si](OCC)(OCC)[O][Al]([O]CC(C)C)[O]CC(C)C. The molecule has 0 heterocycles. The highest BCUT2D eigenvalue weighted by Gasteiger charge is 2.52. The molecule has 0 rings (SSSR count). The van der Waals surface area contributed by atoms with Crippen LogP contribution in [-0.2, 0) is 24.3 Å². The average Bonchev–Trinajstić information content (AvgIpc) is 2.42. The van der Waals surface area contributed by atoms with Crippen molar-refractivity contribution in [2.24, 2.45) is 11.8 Å². The molecule has 0 saturated heterocycles. The van der Waals surface area contributed by atoms with E-state index in [0.717, 1.165) is 0 Å². The molecule has 0 aromatic heterocycles. The van der Waals surface area contributed by atoms with Gasteiger partial charge in [0.15, 0.2) is 0 Å². The minimum Gasteiger partial charge on any atom is -0.454 e. The van der Waals surface area contributed by atoms with Gasteiger partial charge < -0.3 is 24.3 Å². The van der Waals surface area contributed by atoms with Crippen molar-refractivity contribution in [2.75, 3.05) is 33.0 Å². The molecule has 0 unspecified atom stereocenters. The van der Waals surface area contributed by atoms with E-state index in [1.54, 1.807) is 0 Å².